The topological polar surface area (TPSA) is 87.9 Å². The van der Waals surface area contributed by atoms with Crippen molar-refractivity contribution in [3.63, 3.8) is 0 Å². The van der Waals surface area contributed by atoms with Crippen LogP contribution in [0, 0.1) is 0 Å². The van der Waals surface area contributed by atoms with Gasteiger partial charge in [0, 0.05) is 17.8 Å². The zero-order valence-corrected chi connectivity index (χ0v) is 14.5. The van der Waals surface area contributed by atoms with Crippen LogP contribution in [0.2, 0.25) is 0 Å². The molecule has 1 atom stereocenters. The molecule has 6 nitrogen and oxygen atoms in total. The summed E-state index contributed by atoms with van der Waals surface area (Å²) in [4.78, 5) is 26.4. The van der Waals surface area contributed by atoms with Crippen LogP contribution in [0.5, 0.6) is 0 Å². The zero-order valence-electron chi connectivity index (χ0n) is 13.7. The summed E-state index contributed by atoms with van der Waals surface area (Å²) in [6.45, 7) is 1.19. The fourth-order valence-electron chi connectivity index (χ4n) is 3.33. The third-order valence-corrected chi connectivity index (χ3v) is 5.25. The second-order valence-corrected chi connectivity index (χ2v) is 7.13. The number of aromatic nitrogens is 3. The van der Waals surface area contributed by atoms with Gasteiger partial charge in [0.1, 0.15) is 5.69 Å². The molecule has 0 spiro atoms. The Balaban J connectivity index is 1.52. The Morgan fingerprint density at radius 2 is 2.20 bits per heavy atom. The van der Waals surface area contributed by atoms with Crippen molar-refractivity contribution < 1.29 is 4.79 Å². The van der Waals surface area contributed by atoms with E-state index in [1.165, 1.54) is 16.9 Å². The molecule has 1 aromatic carbocycles. The largest absolute Gasteiger partial charge is 0.375 e. The van der Waals surface area contributed by atoms with E-state index in [-0.39, 0.29) is 11.8 Å². The van der Waals surface area contributed by atoms with E-state index in [0.717, 1.165) is 24.2 Å². The molecule has 0 saturated heterocycles. The van der Waals surface area contributed by atoms with E-state index in [0.29, 0.717) is 23.9 Å². The molecule has 1 aliphatic heterocycles. The van der Waals surface area contributed by atoms with Gasteiger partial charge >= 0.3 is 0 Å². The monoisotopic (exact) mass is 353 g/mol. The summed E-state index contributed by atoms with van der Waals surface area (Å²) in [6, 6.07) is 10.4. The maximum atomic E-state index is 12.7. The summed E-state index contributed by atoms with van der Waals surface area (Å²) in [5.41, 5.74) is 9.49. The first-order chi connectivity index (χ1) is 12.2. The van der Waals surface area contributed by atoms with Crippen LogP contribution in [-0.4, -0.2) is 32.3 Å². The van der Waals surface area contributed by atoms with Gasteiger partial charge in [0.15, 0.2) is 5.13 Å². The number of aromatic amines is 1. The number of H-pyrrole nitrogens is 1. The SMILES string of the molecule is Nc1nc(C(=O)N2Cc3[nH]cnc3C(CCc3ccccc3)C2)cs1. The number of nitrogens with one attached hydrogen (secondary N) is 1. The molecule has 0 fully saturated rings. The number of thiazole rings is 1. The predicted octanol–water partition coefficient (Wildman–Crippen LogP) is 2.82. The molecule has 25 heavy (non-hydrogen) atoms. The van der Waals surface area contributed by atoms with Gasteiger partial charge in [0.2, 0.25) is 0 Å². The van der Waals surface area contributed by atoms with Gasteiger partial charge in [-0.1, -0.05) is 30.3 Å². The minimum atomic E-state index is -0.0714. The molecular weight excluding hydrogens is 334 g/mol. The summed E-state index contributed by atoms with van der Waals surface area (Å²) < 4.78 is 0. The standard InChI is InChI=1S/C18H19N5OS/c19-18-22-15(10-25-18)17(24)23-8-13(16-14(9-23)20-11-21-16)7-6-12-4-2-1-3-5-12/h1-5,10-11,13H,6-9H2,(H2,19,22)(H,20,21). The van der Waals surface area contributed by atoms with Gasteiger partial charge in [-0.2, -0.15) is 0 Å². The molecule has 0 aliphatic carbocycles. The lowest BCUT2D eigenvalue weighted by Gasteiger charge is -2.31. The van der Waals surface area contributed by atoms with Crippen LogP contribution in [-0.2, 0) is 13.0 Å². The molecule has 0 bridgehead atoms. The molecule has 0 radical (unpaired) electrons. The lowest BCUT2D eigenvalue weighted by molar-refractivity contribution is 0.0706. The van der Waals surface area contributed by atoms with Crippen molar-refractivity contribution in [3.8, 4) is 0 Å². The molecule has 3 heterocycles. The summed E-state index contributed by atoms with van der Waals surface area (Å²) in [7, 11) is 0. The van der Waals surface area contributed by atoms with Crippen LogP contribution in [0.3, 0.4) is 0 Å². The van der Waals surface area contributed by atoms with Crippen LogP contribution in [0.4, 0.5) is 5.13 Å². The number of hydrogen-bond acceptors (Lipinski definition) is 5. The van der Waals surface area contributed by atoms with Crippen molar-refractivity contribution in [1.29, 1.82) is 0 Å². The normalized spacial score (nSPS) is 16.6. The number of carbonyl (C=O) groups is 1. The van der Waals surface area contributed by atoms with E-state index in [1.54, 1.807) is 11.7 Å². The average molecular weight is 353 g/mol. The Bertz CT molecular complexity index is 872. The molecule has 1 aliphatic rings. The van der Waals surface area contributed by atoms with Crippen molar-refractivity contribution in [2.24, 2.45) is 0 Å². The first kappa shape index (κ1) is 15.8. The molecule has 4 rings (SSSR count). The number of nitrogen functional groups attached to an aromatic ring is 1. The number of benzene rings is 1. The Morgan fingerprint density at radius 1 is 1.36 bits per heavy atom. The lowest BCUT2D eigenvalue weighted by atomic mass is 9.92. The maximum absolute atomic E-state index is 12.7. The van der Waals surface area contributed by atoms with Crippen molar-refractivity contribution in [2.45, 2.75) is 25.3 Å². The number of anilines is 1. The Labute approximate surface area is 149 Å². The highest BCUT2D eigenvalue weighted by Crippen LogP contribution is 2.30. The number of rotatable bonds is 4. The number of aryl methyl sites for hydroxylation is 1. The Morgan fingerprint density at radius 3 is 2.96 bits per heavy atom. The highest BCUT2D eigenvalue weighted by Gasteiger charge is 2.31. The molecule has 3 aromatic rings. The van der Waals surface area contributed by atoms with Gasteiger partial charge in [-0.25, -0.2) is 9.97 Å². The number of imidazole rings is 1. The summed E-state index contributed by atoms with van der Waals surface area (Å²) in [5.74, 6) is 0.146. The minimum absolute atomic E-state index is 0.0714. The fraction of sp³-hybridized carbons (Fsp3) is 0.278. The Hall–Kier alpha value is -2.67. The summed E-state index contributed by atoms with van der Waals surface area (Å²) >= 11 is 1.29. The van der Waals surface area contributed by atoms with E-state index in [9.17, 15) is 4.79 Å². The second kappa shape index (κ2) is 6.68. The van der Waals surface area contributed by atoms with Gasteiger partial charge in [-0.05, 0) is 18.4 Å². The van der Waals surface area contributed by atoms with Gasteiger partial charge < -0.3 is 15.6 Å². The van der Waals surface area contributed by atoms with E-state index in [1.807, 2.05) is 11.0 Å². The highest BCUT2D eigenvalue weighted by atomic mass is 32.1. The highest BCUT2D eigenvalue weighted by molar-refractivity contribution is 7.13. The van der Waals surface area contributed by atoms with E-state index in [2.05, 4.69) is 39.2 Å². The molecule has 1 amide bonds. The molecule has 7 heteroatoms. The van der Waals surface area contributed by atoms with Crippen LogP contribution in [0.15, 0.2) is 42.0 Å². The fourth-order valence-corrected chi connectivity index (χ4v) is 3.87. The molecule has 128 valence electrons. The van der Waals surface area contributed by atoms with Crippen LogP contribution in [0.25, 0.3) is 0 Å². The first-order valence-corrected chi connectivity index (χ1v) is 9.15. The number of hydrogen-bond donors (Lipinski definition) is 2. The van der Waals surface area contributed by atoms with Crippen molar-refractivity contribution in [2.75, 3.05) is 12.3 Å². The van der Waals surface area contributed by atoms with Gasteiger partial charge in [0.25, 0.3) is 5.91 Å². The van der Waals surface area contributed by atoms with Crippen LogP contribution >= 0.6 is 11.3 Å². The number of carbonyl (C=O) groups excluding carboxylic acids is 1. The third-order valence-electron chi connectivity index (χ3n) is 4.58. The van der Waals surface area contributed by atoms with Crippen molar-refractivity contribution >= 4 is 22.4 Å². The van der Waals surface area contributed by atoms with Gasteiger partial charge in [0.05, 0.1) is 24.3 Å². The maximum Gasteiger partial charge on any atom is 0.273 e. The quantitative estimate of drug-likeness (QED) is 0.755. The summed E-state index contributed by atoms with van der Waals surface area (Å²) in [6.07, 6.45) is 3.63. The Kier molecular flexibility index (Phi) is 4.23. The van der Waals surface area contributed by atoms with E-state index >= 15 is 0 Å². The van der Waals surface area contributed by atoms with Crippen LogP contribution < -0.4 is 5.73 Å². The lowest BCUT2D eigenvalue weighted by Crippen LogP contribution is -2.38. The van der Waals surface area contributed by atoms with E-state index < -0.39 is 0 Å². The first-order valence-electron chi connectivity index (χ1n) is 8.27. The second-order valence-electron chi connectivity index (χ2n) is 6.24. The molecular formula is C18H19N5OS. The van der Waals surface area contributed by atoms with Gasteiger partial charge in [-0.3, -0.25) is 4.79 Å². The molecule has 1 unspecified atom stereocenters. The minimum Gasteiger partial charge on any atom is -0.375 e. The summed E-state index contributed by atoms with van der Waals surface area (Å²) in [5, 5.41) is 2.14. The number of fused-ring (bicyclic) bond motifs is 1. The van der Waals surface area contributed by atoms with E-state index in [4.69, 9.17) is 5.73 Å². The van der Waals surface area contributed by atoms with Crippen molar-refractivity contribution in [1.82, 2.24) is 19.9 Å². The molecule has 0 saturated carbocycles. The molecule has 2 aromatic heterocycles. The van der Waals surface area contributed by atoms with Gasteiger partial charge in [-0.15, -0.1) is 11.3 Å². The smallest absolute Gasteiger partial charge is 0.273 e. The number of nitrogens with zero attached hydrogens (tertiary/aromatic N) is 3. The number of nitrogens with two attached hydrogens (primary N) is 1. The predicted molar refractivity (Wildman–Crippen MR) is 97.4 cm³/mol. The number of amides is 1. The average Bonchev–Trinajstić information content (AvgIpc) is 3.28. The molecule has 3 N–H and O–H groups in total. The van der Waals surface area contributed by atoms with Crippen LogP contribution in [0.1, 0.15) is 39.8 Å². The zero-order chi connectivity index (χ0) is 17.2. The third kappa shape index (κ3) is 3.28. The van der Waals surface area contributed by atoms with Crippen molar-refractivity contribution in [3.05, 3.63) is 64.7 Å².